The van der Waals surface area contributed by atoms with E-state index in [2.05, 4.69) is 25.7 Å². The Morgan fingerprint density at radius 1 is 1.09 bits per heavy atom. The van der Waals surface area contributed by atoms with Crippen LogP contribution < -0.4 is 4.74 Å². The molecule has 0 bridgehead atoms. The summed E-state index contributed by atoms with van der Waals surface area (Å²) < 4.78 is 21.9. The van der Waals surface area contributed by atoms with Crippen molar-refractivity contribution in [3.8, 4) is 17.3 Å². The van der Waals surface area contributed by atoms with E-state index in [1.54, 1.807) is 16.8 Å². The molecule has 0 saturated heterocycles. The standard InChI is InChI=1S/C27H36FN3O2/c1-5-6-14-24(32)18-30(17-20(2)3)19-26-21(4)29-31(23-12-8-7-9-13-23)27(26)33-25-15-10-11-22(28)16-25/h7-13,15-16,20,24,32H,5-6,14,17-19H2,1-4H3/t24-/m1/s1. The maximum atomic E-state index is 13.9. The van der Waals surface area contributed by atoms with E-state index in [4.69, 9.17) is 9.84 Å². The normalized spacial score (nSPS) is 12.5. The number of aryl methyl sites for hydroxylation is 1. The molecule has 3 aromatic rings. The van der Waals surface area contributed by atoms with Gasteiger partial charge in [-0.2, -0.15) is 5.10 Å². The Morgan fingerprint density at radius 2 is 1.85 bits per heavy atom. The second kappa shape index (κ2) is 12.0. The topological polar surface area (TPSA) is 50.5 Å². The van der Waals surface area contributed by atoms with E-state index in [1.165, 1.54) is 12.1 Å². The second-order valence-electron chi connectivity index (χ2n) is 9.06. The highest BCUT2D eigenvalue weighted by Gasteiger charge is 2.23. The highest BCUT2D eigenvalue weighted by Crippen LogP contribution is 2.32. The van der Waals surface area contributed by atoms with Gasteiger partial charge in [0.05, 0.1) is 23.0 Å². The Balaban J connectivity index is 1.97. The van der Waals surface area contributed by atoms with Crippen LogP contribution in [0.2, 0.25) is 0 Å². The molecule has 6 heteroatoms. The van der Waals surface area contributed by atoms with E-state index in [0.717, 1.165) is 42.8 Å². The van der Waals surface area contributed by atoms with Crippen molar-refractivity contribution in [2.45, 2.75) is 59.6 Å². The van der Waals surface area contributed by atoms with Gasteiger partial charge >= 0.3 is 0 Å². The first-order valence-electron chi connectivity index (χ1n) is 11.8. The Labute approximate surface area is 196 Å². The van der Waals surface area contributed by atoms with Crippen LogP contribution in [0.5, 0.6) is 11.6 Å². The molecule has 0 amide bonds. The molecule has 178 valence electrons. The second-order valence-corrected chi connectivity index (χ2v) is 9.06. The molecule has 0 aliphatic carbocycles. The fourth-order valence-electron chi connectivity index (χ4n) is 3.98. The summed E-state index contributed by atoms with van der Waals surface area (Å²) in [5.41, 5.74) is 2.66. The number of ether oxygens (including phenoxy) is 1. The molecule has 0 spiro atoms. The summed E-state index contributed by atoms with van der Waals surface area (Å²) in [6.45, 7) is 10.5. The number of aromatic nitrogens is 2. The van der Waals surface area contributed by atoms with Gasteiger partial charge in [-0.3, -0.25) is 4.90 Å². The number of hydrogen-bond acceptors (Lipinski definition) is 4. The van der Waals surface area contributed by atoms with Crippen LogP contribution in [0.15, 0.2) is 54.6 Å². The molecule has 0 fully saturated rings. The predicted octanol–water partition coefficient (Wildman–Crippen LogP) is 6.12. The quantitative estimate of drug-likeness (QED) is 0.359. The van der Waals surface area contributed by atoms with Crippen LogP contribution in [0.1, 0.15) is 51.3 Å². The van der Waals surface area contributed by atoms with Crippen LogP contribution in [0.3, 0.4) is 0 Å². The minimum atomic E-state index is -0.374. The van der Waals surface area contributed by atoms with E-state index >= 15 is 0 Å². The first kappa shape index (κ1) is 24.9. The number of aliphatic hydroxyl groups is 1. The summed E-state index contributed by atoms with van der Waals surface area (Å²) in [7, 11) is 0. The van der Waals surface area contributed by atoms with Crippen molar-refractivity contribution in [3.05, 3.63) is 71.7 Å². The lowest BCUT2D eigenvalue weighted by Crippen LogP contribution is -2.35. The number of halogens is 1. The zero-order valence-electron chi connectivity index (χ0n) is 20.2. The summed E-state index contributed by atoms with van der Waals surface area (Å²) in [4.78, 5) is 2.27. The average Bonchev–Trinajstić information content (AvgIpc) is 3.07. The van der Waals surface area contributed by atoms with Crippen LogP contribution in [0.4, 0.5) is 4.39 Å². The molecule has 33 heavy (non-hydrogen) atoms. The monoisotopic (exact) mass is 453 g/mol. The van der Waals surface area contributed by atoms with Crippen molar-refractivity contribution in [1.29, 1.82) is 0 Å². The van der Waals surface area contributed by atoms with Gasteiger partial charge in [0.2, 0.25) is 5.88 Å². The Hall–Kier alpha value is -2.70. The number of nitrogens with zero attached hydrogens (tertiary/aromatic N) is 3. The fraction of sp³-hybridized carbons (Fsp3) is 0.444. The molecule has 2 aromatic carbocycles. The summed E-state index contributed by atoms with van der Waals surface area (Å²) >= 11 is 0. The van der Waals surface area contributed by atoms with E-state index in [9.17, 15) is 9.50 Å². The summed E-state index contributed by atoms with van der Waals surface area (Å²) in [6, 6.07) is 15.9. The molecule has 0 radical (unpaired) electrons. The van der Waals surface area contributed by atoms with E-state index < -0.39 is 0 Å². The Kier molecular flexibility index (Phi) is 9.03. The van der Waals surface area contributed by atoms with Gasteiger partial charge in [-0.15, -0.1) is 0 Å². The minimum Gasteiger partial charge on any atom is -0.438 e. The zero-order valence-corrected chi connectivity index (χ0v) is 20.2. The number of aliphatic hydroxyl groups excluding tert-OH is 1. The van der Waals surface area contributed by atoms with E-state index in [0.29, 0.717) is 30.6 Å². The molecule has 1 N–H and O–H groups in total. The van der Waals surface area contributed by atoms with Crippen molar-refractivity contribution >= 4 is 0 Å². The fourth-order valence-corrected chi connectivity index (χ4v) is 3.98. The van der Waals surface area contributed by atoms with Crippen molar-refractivity contribution < 1.29 is 14.2 Å². The molecule has 0 aliphatic heterocycles. The van der Waals surface area contributed by atoms with Crippen LogP contribution in [0.25, 0.3) is 5.69 Å². The molecule has 0 saturated carbocycles. The van der Waals surface area contributed by atoms with Gasteiger partial charge in [-0.05, 0) is 43.5 Å². The first-order chi connectivity index (χ1) is 15.9. The molecular formula is C27H36FN3O2. The molecular weight excluding hydrogens is 417 g/mol. The third-order valence-electron chi connectivity index (χ3n) is 5.51. The number of unbranched alkanes of at least 4 members (excludes halogenated alkanes) is 1. The molecule has 0 aliphatic rings. The van der Waals surface area contributed by atoms with E-state index in [1.807, 2.05) is 37.3 Å². The summed E-state index contributed by atoms with van der Waals surface area (Å²) in [5, 5.41) is 15.4. The molecule has 5 nitrogen and oxygen atoms in total. The summed E-state index contributed by atoms with van der Waals surface area (Å²) in [6.07, 6.45) is 2.49. The number of hydrogen-bond donors (Lipinski definition) is 1. The predicted molar refractivity (Wildman–Crippen MR) is 130 cm³/mol. The van der Waals surface area contributed by atoms with E-state index in [-0.39, 0.29) is 11.9 Å². The van der Waals surface area contributed by atoms with Gasteiger partial charge in [0.25, 0.3) is 0 Å². The molecule has 1 aromatic heterocycles. The first-order valence-corrected chi connectivity index (χ1v) is 11.8. The highest BCUT2D eigenvalue weighted by molar-refractivity contribution is 5.43. The molecule has 0 unspecified atom stereocenters. The van der Waals surface area contributed by atoms with Crippen molar-refractivity contribution in [2.75, 3.05) is 13.1 Å². The maximum Gasteiger partial charge on any atom is 0.227 e. The van der Waals surface area contributed by atoms with Gasteiger partial charge in [-0.25, -0.2) is 9.07 Å². The van der Waals surface area contributed by atoms with Crippen molar-refractivity contribution in [1.82, 2.24) is 14.7 Å². The van der Waals surface area contributed by atoms with Gasteiger partial charge in [0, 0.05) is 25.7 Å². The Bertz CT molecular complexity index is 1000. The molecule has 3 rings (SSSR count). The highest BCUT2D eigenvalue weighted by atomic mass is 19.1. The van der Waals surface area contributed by atoms with Crippen LogP contribution in [-0.2, 0) is 6.54 Å². The zero-order chi connectivity index (χ0) is 23.8. The van der Waals surface area contributed by atoms with Crippen LogP contribution >= 0.6 is 0 Å². The van der Waals surface area contributed by atoms with Crippen LogP contribution in [0, 0.1) is 18.7 Å². The lowest BCUT2D eigenvalue weighted by Gasteiger charge is -2.27. The number of para-hydroxylation sites is 1. The van der Waals surface area contributed by atoms with Gasteiger partial charge in [0.15, 0.2) is 0 Å². The Morgan fingerprint density at radius 3 is 2.52 bits per heavy atom. The van der Waals surface area contributed by atoms with Gasteiger partial charge in [-0.1, -0.05) is 57.9 Å². The van der Waals surface area contributed by atoms with Crippen molar-refractivity contribution in [3.63, 3.8) is 0 Å². The van der Waals surface area contributed by atoms with Crippen molar-refractivity contribution in [2.24, 2.45) is 5.92 Å². The smallest absolute Gasteiger partial charge is 0.227 e. The average molecular weight is 454 g/mol. The SMILES string of the molecule is CCCC[C@@H](O)CN(Cc1c(C)nn(-c2ccccc2)c1Oc1cccc(F)c1)CC(C)C. The summed E-state index contributed by atoms with van der Waals surface area (Å²) in [5.74, 6) is 1.09. The largest absolute Gasteiger partial charge is 0.438 e. The lowest BCUT2D eigenvalue weighted by atomic mass is 10.1. The maximum absolute atomic E-state index is 13.9. The van der Waals surface area contributed by atoms with Crippen LogP contribution in [-0.4, -0.2) is 39.0 Å². The molecule has 1 heterocycles. The minimum absolute atomic E-state index is 0.350. The lowest BCUT2D eigenvalue weighted by molar-refractivity contribution is 0.0927. The number of benzene rings is 2. The number of rotatable bonds is 12. The molecule has 1 atom stereocenters. The van der Waals surface area contributed by atoms with Gasteiger partial charge in [0.1, 0.15) is 11.6 Å². The van der Waals surface area contributed by atoms with Gasteiger partial charge < -0.3 is 9.84 Å². The third-order valence-corrected chi connectivity index (χ3v) is 5.51. The third kappa shape index (κ3) is 7.14.